The van der Waals surface area contributed by atoms with Crippen LogP contribution in [0.1, 0.15) is 18.2 Å². The summed E-state index contributed by atoms with van der Waals surface area (Å²) in [6.45, 7) is 3.60. The zero-order valence-electron chi connectivity index (χ0n) is 9.85. The molecule has 0 radical (unpaired) electrons. The van der Waals surface area contributed by atoms with Crippen LogP contribution in [0.3, 0.4) is 0 Å². The van der Waals surface area contributed by atoms with E-state index in [-0.39, 0.29) is 0 Å². The number of nitrogens with one attached hydrogen (secondary N) is 1. The van der Waals surface area contributed by atoms with Crippen LogP contribution in [0.15, 0.2) is 35.8 Å². The fourth-order valence-electron chi connectivity index (χ4n) is 1.44. The number of thiophene rings is 1. The molecule has 0 aliphatic carbocycles. The van der Waals surface area contributed by atoms with Crippen LogP contribution in [0, 0.1) is 0 Å². The van der Waals surface area contributed by atoms with Crippen molar-refractivity contribution in [3.63, 3.8) is 0 Å². The minimum Gasteiger partial charge on any atom is -0.490 e. The van der Waals surface area contributed by atoms with Gasteiger partial charge in [-0.25, -0.2) is 4.98 Å². The summed E-state index contributed by atoms with van der Waals surface area (Å²) in [5.41, 5.74) is 0. The van der Waals surface area contributed by atoms with Crippen LogP contribution >= 0.6 is 11.3 Å². The molecule has 0 amide bonds. The summed E-state index contributed by atoms with van der Waals surface area (Å²) < 4.78 is 5.63. The second-order valence-corrected chi connectivity index (χ2v) is 4.66. The summed E-state index contributed by atoms with van der Waals surface area (Å²) in [6.07, 6.45) is 2.77. The maximum atomic E-state index is 5.63. The second kappa shape index (κ2) is 6.25. The van der Waals surface area contributed by atoms with Crippen molar-refractivity contribution in [2.75, 3.05) is 11.9 Å². The highest BCUT2D eigenvalue weighted by molar-refractivity contribution is 7.09. The second-order valence-electron chi connectivity index (χ2n) is 3.63. The Morgan fingerprint density at radius 1 is 1.35 bits per heavy atom. The third kappa shape index (κ3) is 3.46. The van der Waals surface area contributed by atoms with Crippen LogP contribution in [-0.4, -0.2) is 11.6 Å². The van der Waals surface area contributed by atoms with Gasteiger partial charge in [0.2, 0.25) is 0 Å². The summed E-state index contributed by atoms with van der Waals surface area (Å²) in [7, 11) is 0. The zero-order valence-corrected chi connectivity index (χ0v) is 10.7. The molecule has 3 nitrogen and oxygen atoms in total. The van der Waals surface area contributed by atoms with Gasteiger partial charge in [-0.15, -0.1) is 11.3 Å². The highest BCUT2D eigenvalue weighted by Crippen LogP contribution is 2.22. The molecule has 0 fully saturated rings. The van der Waals surface area contributed by atoms with Crippen molar-refractivity contribution < 1.29 is 4.74 Å². The van der Waals surface area contributed by atoms with E-state index in [0.717, 1.165) is 31.1 Å². The lowest BCUT2D eigenvalue weighted by molar-refractivity contribution is 0.318. The van der Waals surface area contributed by atoms with Gasteiger partial charge < -0.3 is 10.1 Å². The van der Waals surface area contributed by atoms with E-state index in [1.165, 1.54) is 4.88 Å². The Hall–Kier alpha value is -1.55. The van der Waals surface area contributed by atoms with Gasteiger partial charge in [-0.3, -0.25) is 0 Å². The predicted molar refractivity (Wildman–Crippen MR) is 71.7 cm³/mol. The Morgan fingerprint density at radius 3 is 3.06 bits per heavy atom. The maximum absolute atomic E-state index is 5.63. The zero-order chi connectivity index (χ0) is 11.9. The van der Waals surface area contributed by atoms with Gasteiger partial charge >= 0.3 is 0 Å². The summed E-state index contributed by atoms with van der Waals surface area (Å²) in [6, 6.07) is 7.99. The fourth-order valence-corrected chi connectivity index (χ4v) is 2.08. The average molecular weight is 248 g/mol. The van der Waals surface area contributed by atoms with Crippen molar-refractivity contribution in [1.29, 1.82) is 0 Å². The molecule has 2 aromatic rings. The SMILES string of the molecule is CCCOc1cccnc1NCc1cccs1. The number of nitrogens with zero attached hydrogens (tertiary/aromatic N) is 1. The van der Waals surface area contributed by atoms with Crippen LogP contribution < -0.4 is 10.1 Å². The van der Waals surface area contributed by atoms with Crippen LogP contribution in [0.4, 0.5) is 5.82 Å². The summed E-state index contributed by atoms with van der Waals surface area (Å²) in [5.74, 6) is 1.64. The standard InChI is InChI=1S/C13H16N2OS/c1-2-8-16-12-6-3-7-14-13(12)15-10-11-5-4-9-17-11/h3-7,9H,2,8,10H2,1H3,(H,14,15). The highest BCUT2D eigenvalue weighted by Gasteiger charge is 2.03. The molecule has 2 rings (SSSR count). The molecule has 4 heteroatoms. The molecule has 0 unspecified atom stereocenters. The van der Waals surface area contributed by atoms with Gasteiger partial charge in [0.15, 0.2) is 11.6 Å². The van der Waals surface area contributed by atoms with E-state index in [9.17, 15) is 0 Å². The maximum Gasteiger partial charge on any atom is 0.169 e. The van der Waals surface area contributed by atoms with E-state index >= 15 is 0 Å². The molecule has 0 spiro atoms. The number of hydrogen-bond acceptors (Lipinski definition) is 4. The Balaban J connectivity index is 1.99. The third-order valence-corrected chi connectivity index (χ3v) is 3.12. The van der Waals surface area contributed by atoms with Crippen molar-refractivity contribution in [3.8, 4) is 5.75 Å². The lowest BCUT2D eigenvalue weighted by atomic mass is 10.4. The molecule has 90 valence electrons. The predicted octanol–water partition coefficient (Wildman–Crippen LogP) is 3.54. The Labute approximate surface area is 105 Å². The van der Waals surface area contributed by atoms with Gasteiger partial charge in [0.1, 0.15) is 0 Å². The minimum absolute atomic E-state index is 0.722. The van der Waals surface area contributed by atoms with Crippen molar-refractivity contribution >= 4 is 17.2 Å². The number of anilines is 1. The first-order chi connectivity index (χ1) is 8.40. The summed E-state index contributed by atoms with van der Waals surface area (Å²) in [4.78, 5) is 5.59. The first-order valence-corrected chi connectivity index (χ1v) is 6.62. The van der Waals surface area contributed by atoms with Crippen molar-refractivity contribution in [2.24, 2.45) is 0 Å². The molecule has 0 saturated heterocycles. The monoisotopic (exact) mass is 248 g/mol. The van der Waals surface area contributed by atoms with Crippen molar-refractivity contribution in [2.45, 2.75) is 19.9 Å². The third-order valence-electron chi connectivity index (χ3n) is 2.24. The van der Waals surface area contributed by atoms with E-state index in [4.69, 9.17) is 4.74 Å². The first-order valence-electron chi connectivity index (χ1n) is 5.74. The molecule has 0 bridgehead atoms. The van der Waals surface area contributed by atoms with Crippen LogP contribution in [0.25, 0.3) is 0 Å². The van der Waals surface area contributed by atoms with E-state index < -0.39 is 0 Å². The van der Waals surface area contributed by atoms with Gasteiger partial charge in [-0.2, -0.15) is 0 Å². The van der Waals surface area contributed by atoms with Gasteiger partial charge in [-0.05, 0) is 30.0 Å². The van der Waals surface area contributed by atoms with Gasteiger partial charge in [0, 0.05) is 11.1 Å². The summed E-state index contributed by atoms with van der Waals surface area (Å²) >= 11 is 1.73. The number of aromatic nitrogens is 1. The van der Waals surface area contributed by atoms with Crippen LogP contribution in [0.2, 0.25) is 0 Å². The molecular weight excluding hydrogens is 232 g/mol. The molecular formula is C13H16N2OS. The number of pyridine rings is 1. The largest absolute Gasteiger partial charge is 0.490 e. The molecule has 0 aromatic carbocycles. The number of ether oxygens (including phenoxy) is 1. The van der Waals surface area contributed by atoms with Crippen LogP contribution in [0.5, 0.6) is 5.75 Å². The smallest absolute Gasteiger partial charge is 0.169 e. The van der Waals surface area contributed by atoms with Crippen LogP contribution in [-0.2, 0) is 6.54 Å². The van der Waals surface area contributed by atoms with Gasteiger partial charge in [0.25, 0.3) is 0 Å². The molecule has 0 aliphatic heterocycles. The fraction of sp³-hybridized carbons (Fsp3) is 0.308. The van der Waals surface area contributed by atoms with Gasteiger partial charge in [-0.1, -0.05) is 13.0 Å². The van der Waals surface area contributed by atoms with Gasteiger partial charge in [0.05, 0.1) is 13.2 Å². The lowest BCUT2D eigenvalue weighted by Crippen LogP contribution is -2.04. The highest BCUT2D eigenvalue weighted by atomic mass is 32.1. The Bertz CT molecular complexity index is 442. The molecule has 0 saturated carbocycles. The number of hydrogen-bond donors (Lipinski definition) is 1. The van der Waals surface area contributed by atoms with E-state index in [0.29, 0.717) is 0 Å². The minimum atomic E-state index is 0.722. The summed E-state index contributed by atoms with van der Waals surface area (Å²) in [5, 5.41) is 5.37. The van der Waals surface area contributed by atoms with E-state index in [2.05, 4.69) is 34.7 Å². The topological polar surface area (TPSA) is 34.1 Å². The molecule has 2 heterocycles. The van der Waals surface area contributed by atoms with E-state index in [1.807, 2.05) is 12.1 Å². The lowest BCUT2D eigenvalue weighted by Gasteiger charge is -2.10. The Morgan fingerprint density at radius 2 is 2.29 bits per heavy atom. The average Bonchev–Trinajstić information content (AvgIpc) is 2.88. The van der Waals surface area contributed by atoms with E-state index in [1.54, 1.807) is 17.5 Å². The van der Waals surface area contributed by atoms with Crippen molar-refractivity contribution in [3.05, 3.63) is 40.7 Å². The molecule has 2 aromatic heterocycles. The molecule has 17 heavy (non-hydrogen) atoms. The normalized spacial score (nSPS) is 10.2. The number of rotatable bonds is 6. The van der Waals surface area contributed by atoms with Crippen molar-refractivity contribution in [1.82, 2.24) is 4.98 Å². The first kappa shape index (κ1) is 11.9. The molecule has 1 N–H and O–H groups in total. The molecule has 0 atom stereocenters. The Kier molecular flexibility index (Phi) is 4.38. The molecule has 0 aliphatic rings. The quantitative estimate of drug-likeness (QED) is 0.849.